The van der Waals surface area contributed by atoms with Gasteiger partial charge in [-0.05, 0) is 45.1 Å². The number of piperidine rings is 3. The Morgan fingerprint density at radius 2 is 1.95 bits per heavy atom. The van der Waals surface area contributed by atoms with Crippen molar-refractivity contribution in [1.29, 1.82) is 0 Å². The average Bonchev–Trinajstić information content (AvgIpc) is 2.45. The molecule has 0 spiro atoms. The third-order valence-electron chi connectivity index (χ3n) is 5.38. The van der Waals surface area contributed by atoms with E-state index in [1.807, 2.05) is 0 Å². The first kappa shape index (κ1) is 14.3. The predicted molar refractivity (Wildman–Crippen MR) is 80.6 cm³/mol. The number of hydrogen-bond acceptors (Lipinski definition) is 3. The predicted octanol–water partition coefficient (Wildman–Crippen LogP) is 1.65. The Kier molecular flexibility index (Phi) is 4.61. The van der Waals surface area contributed by atoms with Gasteiger partial charge in [0.25, 0.3) is 0 Å². The topological polar surface area (TPSA) is 44.4 Å². The fraction of sp³-hybridized carbons (Fsp3) is 0.938. The minimum Gasteiger partial charge on any atom is -0.355 e. The number of fused-ring (bicyclic) bond motifs is 2. The van der Waals surface area contributed by atoms with Crippen LogP contribution in [0, 0.1) is 0 Å². The zero-order valence-corrected chi connectivity index (χ0v) is 12.7. The molecule has 0 saturated carbocycles. The molecule has 3 aliphatic rings. The Hall–Kier alpha value is -0.610. The van der Waals surface area contributed by atoms with Crippen molar-refractivity contribution in [3.8, 4) is 0 Å². The van der Waals surface area contributed by atoms with E-state index in [9.17, 15) is 4.79 Å². The van der Waals surface area contributed by atoms with Crippen LogP contribution in [0.3, 0.4) is 0 Å². The minimum atomic E-state index is 0.242. The second kappa shape index (κ2) is 6.44. The van der Waals surface area contributed by atoms with E-state index in [1.165, 1.54) is 38.5 Å². The van der Waals surface area contributed by atoms with Crippen molar-refractivity contribution >= 4 is 5.91 Å². The average molecular weight is 279 g/mol. The van der Waals surface area contributed by atoms with E-state index in [0.717, 1.165) is 44.1 Å². The molecule has 3 rings (SSSR count). The zero-order chi connectivity index (χ0) is 13.9. The van der Waals surface area contributed by atoms with Crippen LogP contribution in [0.4, 0.5) is 0 Å². The molecule has 2 bridgehead atoms. The molecule has 0 aliphatic carbocycles. The molecule has 3 unspecified atom stereocenters. The van der Waals surface area contributed by atoms with Gasteiger partial charge in [-0.1, -0.05) is 13.3 Å². The molecule has 0 aromatic rings. The second-order valence-corrected chi connectivity index (χ2v) is 6.80. The maximum absolute atomic E-state index is 11.4. The monoisotopic (exact) mass is 279 g/mol. The first-order chi connectivity index (χ1) is 9.78. The van der Waals surface area contributed by atoms with E-state index in [4.69, 9.17) is 0 Å². The van der Waals surface area contributed by atoms with Gasteiger partial charge >= 0.3 is 0 Å². The lowest BCUT2D eigenvalue weighted by Gasteiger charge is -2.53. The summed E-state index contributed by atoms with van der Waals surface area (Å²) >= 11 is 0. The summed E-state index contributed by atoms with van der Waals surface area (Å²) in [6.45, 7) is 4.27. The molecule has 3 aliphatic heterocycles. The fourth-order valence-electron chi connectivity index (χ4n) is 4.50. The number of nitrogens with zero attached hydrogens (tertiary/aromatic N) is 1. The summed E-state index contributed by atoms with van der Waals surface area (Å²) in [6, 6.07) is 2.81. The molecule has 3 fully saturated rings. The lowest BCUT2D eigenvalue weighted by atomic mass is 9.79. The summed E-state index contributed by atoms with van der Waals surface area (Å²) < 4.78 is 0. The minimum absolute atomic E-state index is 0.242. The molecule has 4 heteroatoms. The van der Waals surface area contributed by atoms with Gasteiger partial charge in [-0.3, -0.25) is 9.69 Å². The van der Waals surface area contributed by atoms with E-state index in [0.29, 0.717) is 6.04 Å². The van der Waals surface area contributed by atoms with Crippen LogP contribution >= 0.6 is 0 Å². The van der Waals surface area contributed by atoms with Crippen molar-refractivity contribution in [2.75, 3.05) is 13.1 Å². The number of carbonyl (C=O) groups excluding carboxylic acids is 1. The van der Waals surface area contributed by atoms with Gasteiger partial charge in [0.15, 0.2) is 0 Å². The van der Waals surface area contributed by atoms with Crippen molar-refractivity contribution in [3.05, 3.63) is 0 Å². The number of nitrogens with one attached hydrogen (secondary N) is 2. The SMILES string of the molecule is CCCNC1CC2CCCC(C1)N2C1CCC(=O)NC1. The Balaban J connectivity index is 1.62. The van der Waals surface area contributed by atoms with Crippen LogP contribution in [-0.2, 0) is 4.79 Å². The van der Waals surface area contributed by atoms with Crippen molar-refractivity contribution in [2.24, 2.45) is 0 Å². The van der Waals surface area contributed by atoms with Gasteiger partial charge in [0, 0.05) is 37.1 Å². The van der Waals surface area contributed by atoms with Gasteiger partial charge in [-0.2, -0.15) is 0 Å². The number of hydrogen-bond donors (Lipinski definition) is 2. The smallest absolute Gasteiger partial charge is 0.220 e. The highest BCUT2D eigenvalue weighted by atomic mass is 16.1. The van der Waals surface area contributed by atoms with E-state index in [-0.39, 0.29) is 5.91 Å². The molecule has 3 saturated heterocycles. The van der Waals surface area contributed by atoms with Crippen LogP contribution in [0.25, 0.3) is 0 Å². The van der Waals surface area contributed by atoms with Gasteiger partial charge in [0.05, 0.1) is 0 Å². The fourth-order valence-corrected chi connectivity index (χ4v) is 4.50. The van der Waals surface area contributed by atoms with E-state index in [2.05, 4.69) is 22.5 Å². The first-order valence-corrected chi connectivity index (χ1v) is 8.55. The number of rotatable bonds is 4. The quantitative estimate of drug-likeness (QED) is 0.822. The summed E-state index contributed by atoms with van der Waals surface area (Å²) in [4.78, 5) is 14.2. The molecule has 0 aromatic carbocycles. The number of carbonyl (C=O) groups is 1. The molecule has 3 heterocycles. The summed E-state index contributed by atoms with van der Waals surface area (Å²) in [6.07, 6.45) is 9.72. The lowest BCUT2D eigenvalue weighted by Crippen LogP contribution is -2.62. The van der Waals surface area contributed by atoms with Crippen LogP contribution < -0.4 is 10.6 Å². The molecular weight excluding hydrogens is 250 g/mol. The van der Waals surface area contributed by atoms with Gasteiger partial charge in [0.1, 0.15) is 0 Å². The first-order valence-electron chi connectivity index (χ1n) is 8.55. The van der Waals surface area contributed by atoms with E-state index in [1.54, 1.807) is 0 Å². The van der Waals surface area contributed by atoms with Gasteiger partial charge < -0.3 is 10.6 Å². The van der Waals surface area contributed by atoms with Crippen LogP contribution in [0.15, 0.2) is 0 Å². The van der Waals surface area contributed by atoms with Gasteiger partial charge in [-0.25, -0.2) is 0 Å². The second-order valence-electron chi connectivity index (χ2n) is 6.80. The molecule has 1 amide bonds. The Morgan fingerprint density at radius 1 is 1.20 bits per heavy atom. The molecular formula is C16H29N3O. The Morgan fingerprint density at radius 3 is 2.55 bits per heavy atom. The van der Waals surface area contributed by atoms with Crippen LogP contribution in [0.5, 0.6) is 0 Å². The van der Waals surface area contributed by atoms with Crippen LogP contribution in [-0.4, -0.2) is 48.1 Å². The standard InChI is InChI=1S/C16H29N3O/c1-2-8-17-12-9-13-4-3-5-14(10-12)19(13)15-6-7-16(20)18-11-15/h12-15,17H,2-11H2,1H3,(H,18,20). The van der Waals surface area contributed by atoms with Crippen molar-refractivity contribution < 1.29 is 4.79 Å². The third-order valence-corrected chi connectivity index (χ3v) is 5.38. The summed E-state index contributed by atoms with van der Waals surface area (Å²) in [7, 11) is 0. The zero-order valence-electron chi connectivity index (χ0n) is 12.7. The molecule has 114 valence electrons. The maximum Gasteiger partial charge on any atom is 0.220 e. The van der Waals surface area contributed by atoms with Crippen molar-refractivity contribution in [3.63, 3.8) is 0 Å². The van der Waals surface area contributed by atoms with Crippen molar-refractivity contribution in [2.45, 2.75) is 82.5 Å². The van der Waals surface area contributed by atoms with Crippen molar-refractivity contribution in [1.82, 2.24) is 15.5 Å². The Labute approximate surface area is 122 Å². The van der Waals surface area contributed by atoms with Crippen LogP contribution in [0.1, 0.15) is 58.3 Å². The third kappa shape index (κ3) is 3.01. The molecule has 0 radical (unpaired) electrons. The highest BCUT2D eigenvalue weighted by molar-refractivity contribution is 5.76. The van der Waals surface area contributed by atoms with Crippen LogP contribution in [0.2, 0.25) is 0 Å². The highest BCUT2D eigenvalue weighted by Crippen LogP contribution is 2.36. The summed E-state index contributed by atoms with van der Waals surface area (Å²) in [5.74, 6) is 0.242. The van der Waals surface area contributed by atoms with Gasteiger partial charge in [0.2, 0.25) is 5.91 Å². The molecule has 3 atom stereocenters. The molecule has 20 heavy (non-hydrogen) atoms. The molecule has 0 aromatic heterocycles. The van der Waals surface area contributed by atoms with Gasteiger partial charge in [-0.15, -0.1) is 0 Å². The lowest BCUT2D eigenvalue weighted by molar-refractivity contribution is -0.124. The summed E-state index contributed by atoms with van der Waals surface area (Å²) in [5, 5.41) is 6.80. The molecule has 2 N–H and O–H groups in total. The summed E-state index contributed by atoms with van der Waals surface area (Å²) in [5.41, 5.74) is 0. The molecule has 4 nitrogen and oxygen atoms in total. The van der Waals surface area contributed by atoms with E-state index < -0.39 is 0 Å². The Bertz CT molecular complexity index is 323. The maximum atomic E-state index is 11.4. The largest absolute Gasteiger partial charge is 0.355 e. The highest BCUT2D eigenvalue weighted by Gasteiger charge is 2.42. The van der Waals surface area contributed by atoms with E-state index >= 15 is 0 Å². The normalized spacial score (nSPS) is 38.5. The number of amides is 1.